The van der Waals surface area contributed by atoms with E-state index in [0.29, 0.717) is 24.2 Å². The van der Waals surface area contributed by atoms with Crippen LogP contribution in [-0.4, -0.2) is 24.9 Å². The number of para-hydroxylation sites is 1. The summed E-state index contributed by atoms with van der Waals surface area (Å²) in [5.41, 5.74) is 4.37. The van der Waals surface area contributed by atoms with Gasteiger partial charge < -0.3 is 10.2 Å². The highest BCUT2D eigenvalue weighted by Gasteiger charge is 2.25. The molecule has 0 radical (unpaired) electrons. The first-order valence-corrected chi connectivity index (χ1v) is 9.54. The van der Waals surface area contributed by atoms with Gasteiger partial charge in [0.1, 0.15) is 0 Å². The van der Waals surface area contributed by atoms with Crippen LogP contribution < -0.4 is 10.2 Å². The quantitative estimate of drug-likeness (QED) is 0.741. The maximum absolute atomic E-state index is 13.0. The molecule has 0 saturated heterocycles. The van der Waals surface area contributed by atoms with E-state index >= 15 is 0 Å². The van der Waals surface area contributed by atoms with Gasteiger partial charge in [-0.3, -0.25) is 9.59 Å². The summed E-state index contributed by atoms with van der Waals surface area (Å²) in [5.74, 6) is -0.226. The van der Waals surface area contributed by atoms with Crippen molar-refractivity contribution in [2.24, 2.45) is 0 Å². The molecule has 4 nitrogen and oxygen atoms in total. The van der Waals surface area contributed by atoms with Crippen LogP contribution in [0.25, 0.3) is 0 Å². The number of carbonyl (C=O) groups is 2. The Kier molecular flexibility index (Phi) is 5.20. The second-order valence-electron chi connectivity index (χ2n) is 6.91. The number of hydrogen-bond donors (Lipinski definition) is 1. The molecule has 0 atom stereocenters. The number of amides is 2. The molecule has 0 aromatic heterocycles. The van der Waals surface area contributed by atoms with E-state index in [0.717, 1.165) is 18.5 Å². The van der Waals surface area contributed by atoms with Crippen LogP contribution in [0.1, 0.15) is 31.8 Å². The standard InChI is InChI=1S/C24H22N2O2/c27-23(25-15-13-18-7-2-1-3-8-18)20-10-6-11-21(17-20)24(28)26-16-14-19-9-4-5-12-22(19)26/h1-12,17H,13-16H2,(H,25,27). The highest BCUT2D eigenvalue weighted by molar-refractivity contribution is 6.08. The molecule has 1 aliphatic heterocycles. The molecule has 0 bridgehead atoms. The average Bonchev–Trinajstić information content (AvgIpc) is 3.18. The van der Waals surface area contributed by atoms with Crippen LogP contribution in [0.15, 0.2) is 78.9 Å². The Morgan fingerprint density at radius 2 is 1.61 bits per heavy atom. The molecule has 4 heteroatoms. The Balaban J connectivity index is 1.43. The van der Waals surface area contributed by atoms with Crippen molar-refractivity contribution in [3.05, 3.63) is 101 Å². The van der Waals surface area contributed by atoms with E-state index in [2.05, 4.69) is 11.4 Å². The van der Waals surface area contributed by atoms with Gasteiger partial charge in [-0.05, 0) is 48.2 Å². The molecule has 0 unspecified atom stereocenters. The van der Waals surface area contributed by atoms with Crippen LogP contribution >= 0.6 is 0 Å². The lowest BCUT2D eigenvalue weighted by molar-refractivity contribution is 0.0954. The summed E-state index contributed by atoms with van der Waals surface area (Å²) in [6, 6.07) is 25.0. The summed E-state index contributed by atoms with van der Waals surface area (Å²) in [6.07, 6.45) is 1.64. The van der Waals surface area contributed by atoms with Crippen LogP contribution in [0.4, 0.5) is 5.69 Å². The molecule has 3 aromatic rings. The molecule has 0 fully saturated rings. The Hall–Kier alpha value is -3.40. The minimum absolute atomic E-state index is 0.0658. The summed E-state index contributed by atoms with van der Waals surface area (Å²) >= 11 is 0. The predicted octanol–water partition coefficient (Wildman–Crippen LogP) is 3.86. The van der Waals surface area contributed by atoms with Gasteiger partial charge in [0.15, 0.2) is 0 Å². The molecule has 0 spiro atoms. The lowest BCUT2D eigenvalue weighted by atomic mass is 10.1. The van der Waals surface area contributed by atoms with E-state index in [9.17, 15) is 9.59 Å². The number of anilines is 1. The number of rotatable bonds is 5. The first-order chi connectivity index (χ1) is 13.7. The normalized spacial score (nSPS) is 12.5. The van der Waals surface area contributed by atoms with Crippen molar-refractivity contribution >= 4 is 17.5 Å². The molecule has 1 heterocycles. The van der Waals surface area contributed by atoms with Gasteiger partial charge in [0.05, 0.1) is 0 Å². The minimum atomic E-state index is -0.160. The maximum atomic E-state index is 13.0. The van der Waals surface area contributed by atoms with Gasteiger partial charge in [-0.2, -0.15) is 0 Å². The van der Waals surface area contributed by atoms with E-state index in [-0.39, 0.29) is 11.8 Å². The molecule has 1 N–H and O–H groups in total. The first kappa shape index (κ1) is 18.0. The van der Waals surface area contributed by atoms with Crippen LogP contribution in [0.2, 0.25) is 0 Å². The maximum Gasteiger partial charge on any atom is 0.258 e. The predicted molar refractivity (Wildman–Crippen MR) is 111 cm³/mol. The zero-order chi connectivity index (χ0) is 19.3. The number of nitrogens with one attached hydrogen (secondary N) is 1. The van der Waals surface area contributed by atoms with Crippen LogP contribution in [0.5, 0.6) is 0 Å². The zero-order valence-corrected chi connectivity index (χ0v) is 15.6. The fourth-order valence-corrected chi connectivity index (χ4v) is 3.57. The van der Waals surface area contributed by atoms with Gasteiger partial charge in [-0.1, -0.05) is 54.6 Å². The lowest BCUT2D eigenvalue weighted by Gasteiger charge is -2.17. The Bertz CT molecular complexity index is 998. The summed E-state index contributed by atoms with van der Waals surface area (Å²) in [5, 5.41) is 2.93. The van der Waals surface area contributed by atoms with Crippen LogP contribution in [-0.2, 0) is 12.8 Å². The largest absolute Gasteiger partial charge is 0.352 e. The Morgan fingerprint density at radius 1 is 0.857 bits per heavy atom. The molecule has 28 heavy (non-hydrogen) atoms. The second kappa shape index (κ2) is 8.09. The second-order valence-corrected chi connectivity index (χ2v) is 6.91. The van der Waals surface area contributed by atoms with E-state index in [1.54, 1.807) is 29.2 Å². The van der Waals surface area contributed by atoms with Crippen molar-refractivity contribution in [1.29, 1.82) is 0 Å². The summed E-state index contributed by atoms with van der Waals surface area (Å²) in [6.45, 7) is 1.23. The van der Waals surface area contributed by atoms with Crippen molar-refractivity contribution in [2.75, 3.05) is 18.0 Å². The topological polar surface area (TPSA) is 49.4 Å². The number of hydrogen-bond acceptors (Lipinski definition) is 2. The fourth-order valence-electron chi connectivity index (χ4n) is 3.57. The first-order valence-electron chi connectivity index (χ1n) is 9.54. The fraction of sp³-hybridized carbons (Fsp3) is 0.167. The van der Waals surface area contributed by atoms with Gasteiger partial charge in [0.25, 0.3) is 11.8 Å². The molecular weight excluding hydrogens is 348 g/mol. The molecular formula is C24H22N2O2. The van der Waals surface area contributed by atoms with Crippen LogP contribution in [0, 0.1) is 0 Å². The van der Waals surface area contributed by atoms with E-state index in [1.165, 1.54) is 11.1 Å². The monoisotopic (exact) mass is 370 g/mol. The van der Waals surface area contributed by atoms with Crippen LogP contribution in [0.3, 0.4) is 0 Å². The van der Waals surface area contributed by atoms with Gasteiger partial charge in [-0.25, -0.2) is 0 Å². The van der Waals surface area contributed by atoms with E-state index in [1.807, 2.05) is 48.5 Å². The molecule has 1 aliphatic rings. The lowest BCUT2D eigenvalue weighted by Crippen LogP contribution is -2.30. The SMILES string of the molecule is O=C(NCCc1ccccc1)c1cccc(C(=O)N2CCc3ccccc32)c1. The number of nitrogens with zero attached hydrogens (tertiary/aromatic N) is 1. The van der Waals surface area contributed by atoms with E-state index < -0.39 is 0 Å². The molecule has 4 rings (SSSR count). The molecule has 2 amide bonds. The van der Waals surface area contributed by atoms with Gasteiger partial charge in [0, 0.05) is 29.9 Å². The highest BCUT2D eigenvalue weighted by atomic mass is 16.2. The summed E-state index contributed by atoms with van der Waals surface area (Å²) < 4.78 is 0. The molecule has 140 valence electrons. The molecule has 0 aliphatic carbocycles. The molecule has 3 aromatic carbocycles. The summed E-state index contributed by atoms with van der Waals surface area (Å²) in [4.78, 5) is 27.3. The Morgan fingerprint density at radius 3 is 2.46 bits per heavy atom. The van der Waals surface area contributed by atoms with Crippen molar-refractivity contribution in [3.8, 4) is 0 Å². The van der Waals surface area contributed by atoms with Gasteiger partial charge in [-0.15, -0.1) is 0 Å². The smallest absolute Gasteiger partial charge is 0.258 e. The minimum Gasteiger partial charge on any atom is -0.352 e. The van der Waals surface area contributed by atoms with Crippen molar-refractivity contribution in [3.63, 3.8) is 0 Å². The highest BCUT2D eigenvalue weighted by Crippen LogP contribution is 2.28. The van der Waals surface area contributed by atoms with Crippen molar-refractivity contribution < 1.29 is 9.59 Å². The van der Waals surface area contributed by atoms with Gasteiger partial charge >= 0.3 is 0 Å². The third kappa shape index (κ3) is 3.81. The number of carbonyl (C=O) groups excluding carboxylic acids is 2. The van der Waals surface area contributed by atoms with E-state index in [4.69, 9.17) is 0 Å². The summed E-state index contributed by atoms with van der Waals surface area (Å²) in [7, 11) is 0. The third-order valence-electron chi connectivity index (χ3n) is 5.05. The number of benzene rings is 3. The third-order valence-corrected chi connectivity index (χ3v) is 5.05. The van der Waals surface area contributed by atoms with Crippen molar-refractivity contribution in [1.82, 2.24) is 5.32 Å². The number of fused-ring (bicyclic) bond motifs is 1. The average molecular weight is 370 g/mol. The van der Waals surface area contributed by atoms with Crippen molar-refractivity contribution in [2.45, 2.75) is 12.8 Å². The molecule has 0 saturated carbocycles. The Labute approximate surface area is 164 Å². The van der Waals surface area contributed by atoms with Gasteiger partial charge in [0.2, 0.25) is 0 Å². The zero-order valence-electron chi connectivity index (χ0n) is 15.6.